The zero-order chi connectivity index (χ0) is 32.1. The number of ether oxygens (including phenoxy) is 4. The highest BCUT2D eigenvalue weighted by molar-refractivity contribution is 7.86. The second-order valence-corrected chi connectivity index (χ2v) is 12.6. The summed E-state index contributed by atoms with van der Waals surface area (Å²) in [7, 11) is -4.27. The van der Waals surface area contributed by atoms with Crippen molar-refractivity contribution < 1.29 is 48.9 Å². The molecule has 0 saturated carbocycles. The maximum Gasteiger partial charge on any atom is 0.338 e. The van der Waals surface area contributed by atoms with Gasteiger partial charge >= 0.3 is 26.2 Å². The van der Waals surface area contributed by atoms with E-state index < -0.39 is 26.2 Å². The predicted octanol–water partition coefficient (Wildman–Crippen LogP) is 5.08. The van der Waals surface area contributed by atoms with Crippen LogP contribution in [0, 0.1) is 0 Å². The normalized spacial score (nSPS) is 11.4. The van der Waals surface area contributed by atoms with Crippen LogP contribution in [0.4, 0.5) is 0 Å². The molecule has 0 aliphatic rings. The number of benzene rings is 4. The molecule has 44 heavy (non-hydrogen) atoms. The second kappa shape index (κ2) is 13.3. The van der Waals surface area contributed by atoms with Crippen molar-refractivity contribution in [1.82, 2.24) is 0 Å². The number of carbonyl (C=O) groups is 1. The molecule has 13 heteroatoms. The zero-order valence-electron chi connectivity index (χ0n) is 24.5. The summed E-state index contributed by atoms with van der Waals surface area (Å²) in [5, 5.41) is 0. The lowest BCUT2D eigenvalue weighted by Crippen LogP contribution is -2.10. The maximum atomic E-state index is 12.6. The molecule has 4 aromatic carbocycles. The van der Waals surface area contributed by atoms with Crippen molar-refractivity contribution >= 4 is 26.2 Å². The summed E-state index contributed by atoms with van der Waals surface area (Å²) in [5.74, 6) is -0.882. The summed E-state index contributed by atoms with van der Waals surface area (Å²) in [6, 6.07) is 21.7. The van der Waals surface area contributed by atoms with Crippen LogP contribution >= 0.6 is 0 Å². The van der Waals surface area contributed by atoms with Crippen LogP contribution in [0.3, 0.4) is 0 Å². The van der Waals surface area contributed by atoms with Gasteiger partial charge in [-0.15, -0.1) is 0 Å². The van der Waals surface area contributed by atoms with Crippen LogP contribution in [0.25, 0.3) is 22.3 Å². The zero-order valence-corrected chi connectivity index (χ0v) is 26.2. The van der Waals surface area contributed by atoms with Gasteiger partial charge in [0.15, 0.2) is 23.0 Å². The van der Waals surface area contributed by atoms with Crippen molar-refractivity contribution in [2.75, 3.05) is 33.8 Å². The van der Waals surface area contributed by atoms with Crippen LogP contribution in [-0.4, -0.2) is 56.6 Å². The van der Waals surface area contributed by atoms with E-state index >= 15 is 0 Å². The van der Waals surface area contributed by atoms with Gasteiger partial charge in [-0.1, -0.05) is 54.6 Å². The minimum absolute atomic E-state index is 0.0439. The summed E-state index contributed by atoms with van der Waals surface area (Å²) in [4.78, 5) is 12.6. The third kappa shape index (κ3) is 7.60. The van der Waals surface area contributed by atoms with Crippen molar-refractivity contribution in [2.45, 2.75) is 6.61 Å². The first-order chi connectivity index (χ1) is 20.8. The van der Waals surface area contributed by atoms with Crippen molar-refractivity contribution in [3.8, 4) is 51.0 Å². The summed E-state index contributed by atoms with van der Waals surface area (Å²) in [6.45, 7) is 0.119. The van der Waals surface area contributed by atoms with Crippen LogP contribution in [0.1, 0.15) is 15.9 Å². The molecule has 0 unspecified atom stereocenters. The molecule has 4 aromatic rings. The van der Waals surface area contributed by atoms with Gasteiger partial charge in [0.1, 0.15) is 12.4 Å². The fourth-order valence-electron chi connectivity index (χ4n) is 4.44. The number of hydrogen-bond acceptors (Lipinski definition) is 11. The van der Waals surface area contributed by atoms with Gasteiger partial charge in [-0.3, -0.25) is 0 Å². The Hall–Kier alpha value is -4.75. The van der Waals surface area contributed by atoms with Gasteiger partial charge in [0.25, 0.3) is 0 Å². The molecule has 0 saturated heterocycles. The monoisotopic (exact) mass is 642 g/mol. The topological polar surface area (TPSA) is 141 Å². The van der Waals surface area contributed by atoms with Crippen molar-refractivity contribution in [2.24, 2.45) is 0 Å². The van der Waals surface area contributed by atoms with Gasteiger partial charge in [-0.2, -0.15) is 16.8 Å². The third-order valence-corrected chi connectivity index (χ3v) is 7.14. The fourth-order valence-corrected chi connectivity index (χ4v) is 5.35. The first-order valence-electron chi connectivity index (χ1n) is 12.9. The first-order valence-corrected chi connectivity index (χ1v) is 16.5. The van der Waals surface area contributed by atoms with Crippen LogP contribution in [0.5, 0.6) is 28.7 Å². The van der Waals surface area contributed by atoms with Gasteiger partial charge in [-0.05, 0) is 35.4 Å². The van der Waals surface area contributed by atoms with E-state index in [1.54, 1.807) is 36.4 Å². The number of rotatable bonds is 12. The van der Waals surface area contributed by atoms with Crippen molar-refractivity contribution in [1.29, 1.82) is 0 Å². The highest BCUT2D eigenvalue weighted by atomic mass is 32.2. The predicted molar refractivity (Wildman–Crippen MR) is 163 cm³/mol. The second-order valence-electron chi connectivity index (χ2n) is 9.41. The maximum absolute atomic E-state index is 12.6. The van der Waals surface area contributed by atoms with Crippen molar-refractivity contribution in [3.63, 3.8) is 0 Å². The standard InChI is InChI=1S/C31H30O11S2/c1-37-27-18-24(22-13-9-10-14-23(22)31(32)39-3)29(38-2)30(42-44(5,35)36)28(27)21-15-16-25(26(17-21)41-43(4,33)34)40-19-20-11-7-6-8-12-20/h6-18H,19H2,1-5H3. The molecular weight excluding hydrogens is 612 g/mol. The van der Waals surface area contributed by atoms with Crippen LogP contribution < -0.4 is 22.6 Å². The molecule has 0 atom stereocenters. The summed E-state index contributed by atoms with van der Waals surface area (Å²) < 4.78 is 82.4. The van der Waals surface area contributed by atoms with E-state index in [1.165, 1.54) is 33.5 Å². The van der Waals surface area contributed by atoms with Crippen LogP contribution in [0.2, 0.25) is 0 Å². The highest BCUT2D eigenvalue weighted by Gasteiger charge is 2.29. The molecule has 0 N–H and O–H groups in total. The van der Waals surface area contributed by atoms with Gasteiger partial charge in [-0.25, -0.2) is 4.79 Å². The highest BCUT2D eigenvalue weighted by Crippen LogP contribution is 2.52. The SMILES string of the molecule is COC(=O)c1ccccc1-c1cc(OC)c(-c2ccc(OCc3ccccc3)c(OS(C)(=O)=O)c2)c(OS(C)(=O)=O)c1OC. The minimum atomic E-state index is -4.16. The Morgan fingerprint density at radius 1 is 0.659 bits per heavy atom. The molecule has 0 bridgehead atoms. The number of methoxy groups -OCH3 is 3. The largest absolute Gasteiger partial charge is 0.496 e. The molecule has 0 aromatic heterocycles. The lowest BCUT2D eigenvalue weighted by atomic mass is 9.94. The van der Waals surface area contributed by atoms with Crippen LogP contribution in [0.15, 0.2) is 78.9 Å². The minimum Gasteiger partial charge on any atom is -0.496 e. The average molecular weight is 643 g/mol. The Labute approximate surface area is 256 Å². The molecule has 0 heterocycles. The lowest BCUT2D eigenvalue weighted by molar-refractivity contribution is 0.0601. The molecule has 0 spiro atoms. The Balaban J connectivity index is 1.98. The van der Waals surface area contributed by atoms with Crippen LogP contribution in [-0.2, 0) is 31.6 Å². The Kier molecular flexibility index (Phi) is 9.70. The van der Waals surface area contributed by atoms with Gasteiger partial charge < -0.3 is 27.3 Å². The average Bonchev–Trinajstić information content (AvgIpc) is 2.98. The van der Waals surface area contributed by atoms with Gasteiger partial charge in [0.2, 0.25) is 0 Å². The van der Waals surface area contributed by atoms with Gasteiger partial charge in [0, 0.05) is 11.1 Å². The quantitative estimate of drug-likeness (QED) is 0.151. The Morgan fingerprint density at radius 3 is 1.93 bits per heavy atom. The first kappa shape index (κ1) is 32.2. The summed E-state index contributed by atoms with van der Waals surface area (Å²) >= 11 is 0. The van der Waals surface area contributed by atoms with E-state index in [1.807, 2.05) is 30.3 Å². The number of esters is 1. The smallest absolute Gasteiger partial charge is 0.338 e. The van der Waals surface area contributed by atoms with E-state index in [2.05, 4.69) is 0 Å². The Bertz CT molecular complexity index is 1890. The Morgan fingerprint density at radius 2 is 1.32 bits per heavy atom. The fraction of sp³-hybridized carbons (Fsp3) is 0.194. The van der Waals surface area contributed by atoms with E-state index in [-0.39, 0.29) is 57.6 Å². The number of carbonyl (C=O) groups excluding carboxylic acids is 1. The molecule has 4 rings (SSSR count). The molecule has 0 fully saturated rings. The lowest BCUT2D eigenvalue weighted by Gasteiger charge is -2.22. The van der Waals surface area contributed by atoms with Crippen molar-refractivity contribution in [3.05, 3.63) is 90.0 Å². The molecule has 0 amide bonds. The summed E-state index contributed by atoms with van der Waals surface area (Å²) in [5.41, 5.74) is 1.98. The van der Waals surface area contributed by atoms with E-state index in [0.29, 0.717) is 5.56 Å². The molecule has 0 aliphatic carbocycles. The molecule has 0 radical (unpaired) electrons. The summed E-state index contributed by atoms with van der Waals surface area (Å²) in [6.07, 6.45) is 1.74. The third-order valence-electron chi connectivity index (χ3n) is 6.19. The molecule has 0 aliphatic heterocycles. The molecule has 232 valence electrons. The van der Waals surface area contributed by atoms with E-state index in [9.17, 15) is 21.6 Å². The number of hydrogen-bond donors (Lipinski definition) is 0. The van der Waals surface area contributed by atoms with Gasteiger partial charge in [0.05, 0.1) is 45.0 Å². The molecular formula is C31H30O11S2. The van der Waals surface area contributed by atoms with E-state index in [0.717, 1.165) is 18.1 Å². The van der Waals surface area contributed by atoms with E-state index in [4.69, 9.17) is 27.3 Å². The molecule has 11 nitrogen and oxygen atoms in total.